The van der Waals surface area contributed by atoms with Crippen LogP contribution in [0.15, 0.2) is 0 Å². The standard InChI is InChI=1S/C8H15N2O/c1-8(7-11)9-10-5-3-2-4-6-10/h8-9H,2-6H2,1H3/t8-/m0/s1. The van der Waals surface area contributed by atoms with Crippen molar-refractivity contribution in [2.24, 2.45) is 0 Å². The molecule has 3 heteroatoms. The molecule has 0 aromatic heterocycles. The van der Waals surface area contributed by atoms with Gasteiger partial charge in [0.05, 0.1) is 6.04 Å². The fourth-order valence-corrected chi connectivity index (χ4v) is 1.32. The Morgan fingerprint density at radius 3 is 2.55 bits per heavy atom. The molecule has 0 aliphatic carbocycles. The lowest BCUT2D eigenvalue weighted by atomic mass is 10.2. The van der Waals surface area contributed by atoms with Crippen LogP contribution in [0, 0.1) is 0 Å². The molecule has 1 atom stereocenters. The second-order valence-electron chi connectivity index (χ2n) is 3.02. The van der Waals surface area contributed by atoms with Crippen LogP contribution in [0.2, 0.25) is 0 Å². The minimum atomic E-state index is -0.159. The van der Waals surface area contributed by atoms with E-state index < -0.39 is 0 Å². The third-order valence-electron chi connectivity index (χ3n) is 1.91. The highest BCUT2D eigenvalue weighted by Gasteiger charge is 2.11. The third-order valence-corrected chi connectivity index (χ3v) is 1.91. The lowest BCUT2D eigenvalue weighted by Gasteiger charge is -2.28. The van der Waals surface area contributed by atoms with Crippen molar-refractivity contribution in [1.82, 2.24) is 10.4 Å². The van der Waals surface area contributed by atoms with Gasteiger partial charge in [0.15, 0.2) is 0 Å². The van der Waals surface area contributed by atoms with Gasteiger partial charge in [-0.25, -0.2) is 10.4 Å². The van der Waals surface area contributed by atoms with E-state index in [-0.39, 0.29) is 6.04 Å². The molecule has 0 amide bonds. The average Bonchev–Trinajstić information content (AvgIpc) is 2.06. The van der Waals surface area contributed by atoms with Crippen LogP contribution in [0.3, 0.4) is 0 Å². The third kappa shape index (κ3) is 2.99. The van der Waals surface area contributed by atoms with Crippen LogP contribution in [0.1, 0.15) is 26.2 Å². The van der Waals surface area contributed by atoms with Gasteiger partial charge in [-0.1, -0.05) is 6.42 Å². The van der Waals surface area contributed by atoms with Gasteiger partial charge in [-0.05, 0) is 19.8 Å². The van der Waals surface area contributed by atoms with Gasteiger partial charge < -0.3 is 0 Å². The molecular formula is C8H15N2O. The average molecular weight is 155 g/mol. The highest BCUT2D eigenvalue weighted by Crippen LogP contribution is 2.05. The summed E-state index contributed by atoms with van der Waals surface area (Å²) in [7, 11) is 0. The monoisotopic (exact) mass is 155 g/mol. The minimum Gasteiger partial charge on any atom is -0.289 e. The second-order valence-corrected chi connectivity index (χ2v) is 3.02. The van der Waals surface area contributed by atoms with E-state index >= 15 is 0 Å². The lowest BCUT2D eigenvalue weighted by molar-refractivity contribution is 0.147. The first-order chi connectivity index (χ1) is 5.33. The van der Waals surface area contributed by atoms with Gasteiger partial charge in [-0.3, -0.25) is 4.79 Å². The van der Waals surface area contributed by atoms with Crippen molar-refractivity contribution in [3.8, 4) is 0 Å². The molecular weight excluding hydrogens is 140 g/mol. The van der Waals surface area contributed by atoms with Gasteiger partial charge in [0.25, 0.3) is 0 Å². The zero-order chi connectivity index (χ0) is 8.10. The summed E-state index contributed by atoms with van der Waals surface area (Å²) in [4.78, 5) is 10.2. The smallest absolute Gasteiger partial charge is 0.218 e. The van der Waals surface area contributed by atoms with Crippen molar-refractivity contribution < 1.29 is 4.79 Å². The van der Waals surface area contributed by atoms with E-state index in [9.17, 15) is 4.79 Å². The summed E-state index contributed by atoms with van der Waals surface area (Å²) in [5.41, 5.74) is 3.08. The van der Waals surface area contributed by atoms with E-state index in [0.29, 0.717) is 0 Å². The molecule has 1 rings (SSSR count). The van der Waals surface area contributed by atoms with E-state index in [2.05, 4.69) is 10.4 Å². The SMILES string of the molecule is C[C@@H]([C]=O)NN1CCCCC1. The maximum absolute atomic E-state index is 10.2. The van der Waals surface area contributed by atoms with E-state index in [1.54, 1.807) is 0 Å². The number of rotatable bonds is 3. The minimum absolute atomic E-state index is 0.159. The maximum atomic E-state index is 10.2. The highest BCUT2D eigenvalue weighted by atomic mass is 16.1. The number of hydrazine groups is 1. The molecule has 0 saturated carbocycles. The lowest BCUT2D eigenvalue weighted by Crippen LogP contribution is -2.46. The molecule has 1 aliphatic rings. The first-order valence-electron chi connectivity index (χ1n) is 4.21. The van der Waals surface area contributed by atoms with Crippen molar-refractivity contribution in [2.45, 2.75) is 32.2 Å². The quantitative estimate of drug-likeness (QED) is 0.643. The fourth-order valence-electron chi connectivity index (χ4n) is 1.32. The largest absolute Gasteiger partial charge is 0.289 e. The zero-order valence-corrected chi connectivity index (χ0v) is 6.97. The molecule has 0 bridgehead atoms. The Kier molecular flexibility index (Phi) is 3.52. The van der Waals surface area contributed by atoms with E-state index in [1.807, 2.05) is 13.2 Å². The van der Waals surface area contributed by atoms with Crippen molar-refractivity contribution in [1.29, 1.82) is 0 Å². The number of nitrogens with zero attached hydrogens (tertiary/aromatic N) is 1. The summed E-state index contributed by atoms with van der Waals surface area (Å²) >= 11 is 0. The molecule has 1 saturated heterocycles. The molecule has 11 heavy (non-hydrogen) atoms. The van der Waals surface area contributed by atoms with Crippen LogP contribution in [0.4, 0.5) is 0 Å². The van der Waals surface area contributed by atoms with E-state index in [4.69, 9.17) is 0 Å². The summed E-state index contributed by atoms with van der Waals surface area (Å²) in [5.74, 6) is 0. The first kappa shape index (κ1) is 8.68. The Morgan fingerprint density at radius 1 is 1.36 bits per heavy atom. The Hall–Kier alpha value is -0.410. The molecule has 3 nitrogen and oxygen atoms in total. The Labute approximate surface area is 67.7 Å². The molecule has 1 radical (unpaired) electrons. The molecule has 0 aromatic carbocycles. The predicted octanol–water partition coefficient (Wildman–Crippen LogP) is 0.475. The summed E-state index contributed by atoms with van der Waals surface area (Å²) in [5, 5.41) is 2.11. The summed E-state index contributed by atoms with van der Waals surface area (Å²) in [6, 6.07) is -0.159. The van der Waals surface area contributed by atoms with Gasteiger partial charge in [0.1, 0.15) is 0 Å². The molecule has 0 spiro atoms. The summed E-state index contributed by atoms with van der Waals surface area (Å²) in [6.45, 7) is 3.94. The van der Waals surface area contributed by atoms with Crippen LogP contribution < -0.4 is 5.43 Å². The van der Waals surface area contributed by atoms with Crippen molar-refractivity contribution >= 4 is 6.29 Å². The normalized spacial score (nSPS) is 23.0. The number of carbonyl (C=O) groups excluding carboxylic acids is 1. The Bertz CT molecular complexity index is 121. The van der Waals surface area contributed by atoms with Gasteiger partial charge in [-0.15, -0.1) is 0 Å². The number of piperidine rings is 1. The van der Waals surface area contributed by atoms with Crippen molar-refractivity contribution in [3.05, 3.63) is 0 Å². The molecule has 1 aliphatic heterocycles. The first-order valence-corrected chi connectivity index (χ1v) is 4.21. The molecule has 1 N–H and O–H groups in total. The van der Waals surface area contributed by atoms with Crippen LogP contribution in [0.25, 0.3) is 0 Å². The van der Waals surface area contributed by atoms with Crippen molar-refractivity contribution in [3.63, 3.8) is 0 Å². The molecule has 0 unspecified atom stereocenters. The van der Waals surface area contributed by atoms with Gasteiger partial charge in [0, 0.05) is 13.1 Å². The number of hydrogen-bond acceptors (Lipinski definition) is 3. The number of nitrogens with one attached hydrogen (secondary N) is 1. The second kappa shape index (κ2) is 4.46. The zero-order valence-electron chi connectivity index (χ0n) is 6.97. The van der Waals surface area contributed by atoms with Crippen LogP contribution in [-0.4, -0.2) is 30.4 Å². The summed E-state index contributed by atoms with van der Waals surface area (Å²) < 4.78 is 0. The van der Waals surface area contributed by atoms with Gasteiger partial charge >= 0.3 is 0 Å². The van der Waals surface area contributed by atoms with Gasteiger partial charge in [0.2, 0.25) is 6.29 Å². The van der Waals surface area contributed by atoms with E-state index in [0.717, 1.165) is 13.1 Å². The maximum Gasteiger partial charge on any atom is 0.218 e. The van der Waals surface area contributed by atoms with Crippen LogP contribution >= 0.6 is 0 Å². The van der Waals surface area contributed by atoms with Crippen LogP contribution in [-0.2, 0) is 4.79 Å². The molecule has 63 valence electrons. The van der Waals surface area contributed by atoms with Crippen LogP contribution in [0.5, 0.6) is 0 Å². The van der Waals surface area contributed by atoms with Gasteiger partial charge in [-0.2, -0.15) is 0 Å². The Balaban J connectivity index is 2.18. The highest BCUT2D eigenvalue weighted by molar-refractivity contribution is 5.57. The predicted molar refractivity (Wildman–Crippen MR) is 43.7 cm³/mol. The summed E-state index contributed by atoms with van der Waals surface area (Å²) in [6.07, 6.45) is 5.70. The Morgan fingerprint density at radius 2 is 2.00 bits per heavy atom. The molecule has 1 fully saturated rings. The molecule has 0 aromatic rings. The topological polar surface area (TPSA) is 32.3 Å². The van der Waals surface area contributed by atoms with E-state index in [1.165, 1.54) is 19.3 Å². The molecule has 1 heterocycles. The van der Waals surface area contributed by atoms with Crippen molar-refractivity contribution in [2.75, 3.05) is 13.1 Å². The number of hydrogen-bond donors (Lipinski definition) is 1. The fraction of sp³-hybridized carbons (Fsp3) is 0.875.